The zero-order valence-corrected chi connectivity index (χ0v) is 30.6. The van der Waals surface area contributed by atoms with Crippen molar-refractivity contribution in [1.29, 1.82) is 0 Å². The van der Waals surface area contributed by atoms with Gasteiger partial charge in [0.25, 0.3) is 5.91 Å². The Labute approximate surface area is 309 Å². The number of aliphatic hydroxyl groups is 1. The van der Waals surface area contributed by atoms with E-state index >= 15 is 0 Å². The van der Waals surface area contributed by atoms with Crippen LogP contribution in [-0.2, 0) is 46.5 Å². The molecule has 15 nitrogen and oxygen atoms in total. The summed E-state index contributed by atoms with van der Waals surface area (Å²) in [6, 6.07) is 14.8. The van der Waals surface area contributed by atoms with Crippen molar-refractivity contribution in [1.82, 2.24) is 25.8 Å². The van der Waals surface area contributed by atoms with Crippen molar-refractivity contribution in [3.05, 3.63) is 71.8 Å². The summed E-state index contributed by atoms with van der Waals surface area (Å²) in [5, 5.41) is 19.5. The van der Waals surface area contributed by atoms with Gasteiger partial charge in [0.05, 0.1) is 18.6 Å². The van der Waals surface area contributed by atoms with E-state index in [1.54, 1.807) is 35.2 Å². The molecule has 15 heteroatoms. The van der Waals surface area contributed by atoms with Gasteiger partial charge in [0.2, 0.25) is 23.6 Å². The number of piperidine rings is 1. The van der Waals surface area contributed by atoms with Crippen LogP contribution in [-0.4, -0.2) is 113 Å². The highest BCUT2D eigenvalue weighted by atomic mass is 16.6. The van der Waals surface area contributed by atoms with Gasteiger partial charge < -0.3 is 46.1 Å². The first-order valence-corrected chi connectivity index (χ1v) is 18.0. The fourth-order valence-corrected chi connectivity index (χ4v) is 6.35. The van der Waals surface area contributed by atoms with E-state index < -0.39 is 72.5 Å². The van der Waals surface area contributed by atoms with Crippen LogP contribution < -0.4 is 21.7 Å². The molecule has 0 saturated carbocycles. The van der Waals surface area contributed by atoms with Crippen LogP contribution in [0.3, 0.4) is 0 Å². The summed E-state index contributed by atoms with van der Waals surface area (Å²) < 4.78 is 11.2. The lowest BCUT2D eigenvalue weighted by molar-refractivity contribution is -0.147. The number of carbonyl (C=O) groups excluding carboxylic acids is 6. The zero-order chi connectivity index (χ0) is 38.5. The number of nitrogens with one attached hydrogen (secondary N) is 3. The molecular formula is C38H52N6O9. The molecule has 4 atom stereocenters. The second kappa shape index (κ2) is 19.2. The molecule has 2 saturated heterocycles. The van der Waals surface area contributed by atoms with Gasteiger partial charge in [-0.05, 0) is 64.0 Å². The molecule has 6 amide bonds. The number of carbonyl (C=O) groups is 6. The predicted octanol–water partition coefficient (Wildman–Crippen LogP) is 1.16. The number of ether oxygens (including phenoxy) is 2. The van der Waals surface area contributed by atoms with Gasteiger partial charge in [-0.25, -0.2) is 4.79 Å². The maximum Gasteiger partial charge on any atom is 0.410 e. The van der Waals surface area contributed by atoms with Crippen LogP contribution >= 0.6 is 0 Å². The lowest BCUT2D eigenvalue weighted by atomic mass is 9.99. The van der Waals surface area contributed by atoms with E-state index in [1.807, 2.05) is 51.1 Å². The monoisotopic (exact) mass is 736 g/mol. The number of likely N-dealkylation sites (tertiary alicyclic amines) is 2. The first-order valence-electron chi connectivity index (χ1n) is 18.0. The number of amides is 6. The standard InChI is InChI=1S/C38H52N6O9/c1-38(2,3)42-35(49)30-15-10-18-44(30)36(50)33(47)28(21-25-11-6-4-7-12-25)41-34(48)29(22-31(39)45)40-32(46)24-52-27-16-19-43(20-17-27)37(51)53-23-26-13-8-5-9-14-26/h4-9,11-14,27-30,33,47H,10,15-24H2,1-3H3,(H2,39,45)(H,40,46)(H,41,48)(H,42,49)/t28-,29-,30-,33-/m0/s1. The Morgan fingerprint density at radius 3 is 2.11 bits per heavy atom. The molecule has 0 aliphatic carbocycles. The van der Waals surface area contributed by atoms with Crippen molar-refractivity contribution < 1.29 is 43.3 Å². The number of aliphatic hydroxyl groups excluding tert-OH is 1. The Bertz CT molecular complexity index is 1560. The molecule has 2 heterocycles. The Kier molecular flexibility index (Phi) is 14.7. The number of primary amides is 1. The molecule has 0 radical (unpaired) electrons. The average Bonchev–Trinajstić information content (AvgIpc) is 3.63. The smallest absolute Gasteiger partial charge is 0.410 e. The van der Waals surface area contributed by atoms with Gasteiger partial charge in [-0.2, -0.15) is 0 Å². The third-order valence-corrected chi connectivity index (χ3v) is 9.01. The van der Waals surface area contributed by atoms with Crippen LogP contribution in [0.2, 0.25) is 0 Å². The maximum absolute atomic E-state index is 13.7. The second-order valence-corrected chi connectivity index (χ2v) is 14.5. The van der Waals surface area contributed by atoms with E-state index in [0.29, 0.717) is 44.3 Å². The van der Waals surface area contributed by atoms with Gasteiger partial charge in [-0.3, -0.25) is 24.0 Å². The van der Waals surface area contributed by atoms with Gasteiger partial charge in [-0.1, -0.05) is 60.7 Å². The molecule has 2 aromatic carbocycles. The first kappa shape index (κ1) is 40.7. The van der Waals surface area contributed by atoms with Crippen LogP contribution in [0.5, 0.6) is 0 Å². The minimum absolute atomic E-state index is 0.0328. The third-order valence-electron chi connectivity index (χ3n) is 9.01. The molecule has 6 N–H and O–H groups in total. The number of hydrogen-bond acceptors (Lipinski definition) is 9. The fourth-order valence-electron chi connectivity index (χ4n) is 6.35. The normalized spacial score (nSPS) is 18.0. The van der Waals surface area contributed by atoms with Crippen molar-refractivity contribution in [3.63, 3.8) is 0 Å². The van der Waals surface area contributed by atoms with E-state index in [2.05, 4.69) is 16.0 Å². The molecule has 2 aliphatic heterocycles. The van der Waals surface area contributed by atoms with Gasteiger partial charge in [0, 0.05) is 25.2 Å². The van der Waals surface area contributed by atoms with Crippen molar-refractivity contribution in [2.24, 2.45) is 5.73 Å². The molecule has 2 aromatic rings. The quantitative estimate of drug-likeness (QED) is 0.177. The van der Waals surface area contributed by atoms with Crippen molar-refractivity contribution in [3.8, 4) is 0 Å². The number of rotatable bonds is 15. The third kappa shape index (κ3) is 12.9. The van der Waals surface area contributed by atoms with Crippen LogP contribution in [0.25, 0.3) is 0 Å². The van der Waals surface area contributed by atoms with Crippen molar-refractivity contribution in [2.75, 3.05) is 26.2 Å². The summed E-state index contributed by atoms with van der Waals surface area (Å²) in [6.45, 7) is 6.22. The Hall–Kier alpha value is -5.02. The van der Waals surface area contributed by atoms with Crippen LogP contribution in [0.1, 0.15) is 64.0 Å². The van der Waals surface area contributed by atoms with Crippen molar-refractivity contribution >= 4 is 35.6 Å². The molecule has 2 aliphatic rings. The van der Waals surface area contributed by atoms with E-state index in [1.165, 1.54) is 4.90 Å². The predicted molar refractivity (Wildman–Crippen MR) is 194 cm³/mol. The molecule has 0 unspecified atom stereocenters. The topological polar surface area (TPSA) is 210 Å². The van der Waals surface area contributed by atoms with Crippen LogP contribution in [0, 0.1) is 0 Å². The summed E-state index contributed by atoms with van der Waals surface area (Å²) >= 11 is 0. The molecule has 53 heavy (non-hydrogen) atoms. The average molecular weight is 737 g/mol. The summed E-state index contributed by atoms with van der Waals surface area (Å²) in [5.74, 6) is -3.44. The summed E-state index contributed by atoms with van der Waals surface area (Å²) in [7, 11) is 0. The Morgan fingerprint density at radius 1 is 0.887 bits per heavy atom. The highest BCUT2D eigenvalue weighted by Gasteiger charge is 2.41. The lowest BCUT2D eigenvalue weighted by Crippen LogP contribution is -2.59. The summed E-state index contributed by atoms with van der Waals surface area (Å²) in [6.07, 6.45) is -1.14. The highest BCUT2D eigenvalue weighted by molar-refractivity contribution is 5.93. The number of benzene rings is 2. The largest absolute Gasteiger partial charge is 0.445 e. The SMILES string of the molecule is CC(C)(C)NC(=O)[C@@H]1CCCN1C(=O)[C@@H](O)[C@H](Cc1ccccc1)NC(=O)[C@H](CC(N)=O)NC(=O)COC1CCN(C(=O)OCc2ccccc2)CC1. The first-order chi connectivity index (χ1) is 25.2. The number of hydrogen-bond donors (Lipinski definition) is 5. The zero-order valence-electron chi connectivity index (χ0n) is 30.6. The van der Waals surface area contributed by atoms with E-state index in [0.717, 1.165) is 5.56 Å². The molecule has 0 aromatic heterocycles. The molecule has 0 spiro atoms. The van der Waals surface area contributed by atoms with Gasteiger partial charge in [0.1, 0.15) is 25.3 Å². The fraction of sp³-hybridized carbons (Fsp3) is 0.526. The Morgan fingerprint density at radius 2 is 1.51 bits per heavy atom. The van der Waals surface area contributed by atoms with Crippen LogP contribution in [0.15, 0.2) is 60.7 Å². The molecule has 288 valence electrons. The van der Waals surface area contributed by atoms with Gasteiger partial charge >= 0.3 is 6.09 Å². The van der Waals surface area contributed by atoms with Gasteiger partial charge in [0.15, 0.2) is 6.10 Å². The van der Waals surface area contributed by atoms with Gasteiger partial charge in [-0.15, -0.1) is 0 Å². The lowest BCUT2D eigenvalue weighted by Gasteiger charge is -2.32. The Balaban J connectivity index is 1.34. The van der Waals surface area contributed by atoms with E-state index in [9.17, 15) is 33.9 Å². The highest BCUT2D eigenvalue weighted by Crippen LogP contribution is 2.21. The molecular weight excluding hydrogens is 684 g/mol. The maximum atomic E-state index is 13.7. The summed E-state index contributed by atoms with van der Waals surface area (Å²) in [5.41, 5.74) is 6.48. The minimum atomic E-state index is -1.75. The minimum Gasteiger partial charge on any atom is -0.445 e. The van der Waals surface area contributed by atoms with E-state index in [-0.39, 0.29) is 31.6 Å². The molecule has 2 fully saturated rings. The summed E-state index contributed by atoms with van der Waals surface area (Å²) in [4.78, 5) is 80.7. The molecule has 0 bridgehead atoms. The number of nitrogens with zero attached hydrogens (tertiary/aromatic N) is 2. The number of nitrogens with two attached hydrogens (primary N) is 1. The van der Waals surface area contributed by atoms with Crippen LogP contribution in [0.4, 0.5) is 4.79 Å². The van der Waals surface area contributed by atoms with Crippen molar-refractivity contribution in [2.45, 2.75) is 102 Å². The van der Waals surface area contributed by atoms with E-state index in [4.69, 9.17) is 15.2 Å². The second-order valence-electron chi connectivity index (χ2n) is 14.5. The molecule has 4 rings (SSSR count).